The third kappa shape index (κ3) is 3.81. The summed E-state index contributed by atoms with van der Waals surface area (Å²) in [5.74, 6) is 0.301. The molecule has 0 spiro atoms. The second-order valence-electron chi connectivity index (χ2n) is 4.11. The first-order valence-electron chi connectivity index (χ1n) is 5.37. The van der Waals surface area contributed by atoms with Crippen molar-refractivity contribution >= 4 is 21.8 Å². The fourth-order valence-corrected chi connectivity index (χ4v) is 1.72. The first kappa shape index (κ1) is 14.2. The van der Waals surface area contributed by atoms with E-state index in [0.717, 1.165) is 6.42 Å². The summed E-state index contributed by atoms with van der Waals surface area (Å²) in [6.07, 6.45) is 0.826. The molecule has 6 heteroatoms. The van der Waals surface area contributed by atoms with Gasteiger partial charge in [-0.2, -0.15) is 0 Å². The highest BCUT2D eigenvalue weighted by Crippen LogP contribution is 2.14. The number of nitrogens with zero attached hydrogens (tertiary/aromatic N) is 1. The maximum atomic E-state index is 11.9. The zero-order valence-electron chi connectivity index (χ0n) is 10.2. The van der Waals surface area contributed by atoms with Gasteiger partial charge in [0, 0.05) is 24.0 Å². The van der Waals surface area contributed by atoms with Crippen molar-refractivity contribution in [2.45, 2.75) is 32.4 Å². The van der Waals surface area contributed by atoms with Gasteiger partial charge in [0.1, 0.15) is 6.61 Å². The number of carbonyl (C=O) groups is 1. The van der Waals surface area contributed by atoms with Crippen LogP contribution in [0.4, 0.5) is 0 Å². The largest absolute Gasteiger partial charge is 0.377 e. The van der Waals surface area contributed by atoms with Gasteiger partial charge >= 0.3 is 0 Å². The molecule has 0 aliphatic carbocycles. The van der Waals surface area contributed by atoms with Gasteiger partial charge < -0.3 is 14.6 Å². The average molecular weight is 305 g/mol. The van der Waals surface area contributed by atoms with Crippen LogP contribution >= 0.6 is 15.9 Å². The van der Waals surface area contributed by atoms with Crippen LogP contribution in [0.15, 0.2) is 10.6 Å². The average Bonchev–Trinajstić information content (AvgIpc) is 2.78. The maximum absolute atomic E-state index is 11.9. The van der Waals surface area contributed by atoms with Crippen molar-refractivity contribution in [2.24, 2.45) is 0 Å². The number of hydrogen-bond acceptors (Lipinski definition) is 4. The summed E-state index contributed by atoms with van der Waals surface area (Å²) in [6, 6.07) is 1.59. The lowest BCUT2D eigenvalue weighted by atomic mass is 10.0. The summed E-state index contributed by atoms with van der Waals surface area (Å²) in [5.41, 5.74) is -0.00468. The van der Waals surface area contributed by atoms with Gasteiger partial charge in [0.25, 0.3) is 5.91 Å². The smallest absolute Gasteiger partial charge is 0.273 e. The first-order chi connectivity index (χ1) is 8.04. The molecule has 0 saturated carbocycles. The molecule has 1 amide bonds. The fourth-order valence-electron chi connectivity index (χ4n) is 1.18. The number of alkyl halides is 1. The van der Waals surface area contributed by atoms with E-state index in [4.69, 9.17) is 9.26 Å². The topological polar surface area (TPSA) is 64.4 Å². The van der Waals surface area contributed by atoms with Crippen molar-refractivity contribution in [3.05, 3.63) is 17.5 Å². The lowest BCUT2D eigenvalue weighted by molar-refractivity contribution is 0.0903. The number of nitrogens with one attached hydrogen (secondary N) is 1. The van der Waals surface area contributed by atoms with Crippen LogP contribution in [0.3, 0.4) is 0 Å². The molecule has 0 radical (unpaired) electrons. The molecular weight excluding hydrogens is 288 g/mol. The summed E-state index contributed by atoms with van der Waals surface area (Å²) in [4.78, 5) is 11.9. The first-order valence-corrected chi connectivity index (χ1v) is 6.50. The van der Waals surface area contributed by atoms with E-state index >= 15 is 0 Å². The van der Waals surface area contributed by atoms with Crippen molar-refractivity contribution in [3.8, 4) is 0 Å². The van der Waals surface area contributed by atoms with Crippen molar-refractivity contribution in [3.63, 3.8) is 0 Å². The maximum Gasteiger partial charge on any atom is 0.273 e. The molecule has 96 valence electrons. The van der Waals surface area contributed by atoms with Gasteiger partial charge in [-0.25, -0.2) is 0 Å². The van der Waals surface area contributed by atoms with Gasteiger partial charge in [-0.05, 0) is 13.3 Å². The summed E-state index contributed by atoms with van der Waals surface area (Å²) >= 11 is 3.38. The van der Waals surface area contributed by atoms with Crippen molar-refractivity contribution in [1.29, 1.82) is 0 Å². The SMILES string of the molecule is CCC(C)(CBr)NC(=O)c1cc(COC)on1. The van der Waals surface area contributed by atoms with E-state index in [9.17, 15) is 4.79 Å². The van der Waals surface area contributed by atoms with Gasteiger partial charge in [-0.15, -0.1) is 0 Å². The lowest BCUT2D eigenvalue weighted by Crippen LogP contribution is -2.47. The van der Waals surface area contributed by atoms with Crippen LogP contribution in [-0.4, -0.2) is 29.0 Å². The quantitative estimate of drug-likeness (QED) is 0.818. The number of halogens is 1. The third-order valence-electron chi connectivity index (χ3n) is 2.57. The summed E-state index contributed by atoms with van der Waals surface area (Å²) in [7, 11) is 1.56. The van der Waals surface area contributed by atoms with Crippen molar-refractivity contribution in [2.75, 3.05) is 12.4 Å². The molecule has 1 aromatic rings. The van der Waals surface area contributed by atoms with Crippen LogP contribution in [0.2, 0.25) is 0 Å². The molecule has 1 heterocycles. The Bertz CT molecular complexity index is 375. The van der Waals surface area contributed by atoms with E-state index < -0.39 is 0 Å². The second kappa shape index (κ2) is 6.16. The number of rotatable bonds is 6. The molecule has 0 bridgehead atoms. The summed E-state index contributed by atoms with van der Waals surface area (Å²) < 4.78 is 9.85. The lowest BCUT2D eigenvalue weighted by Gasteiger charge is -2.26. The van der Waals surface area contributed by atoms with Crippen LogP contribution in [0.25, 0.3) is 0 Å². The Morgan fingerprint density at radius 1 is 1.71 bits per heavy atom. The summed E-state index contributed by atoms with van der Waals surface area (Å²) in [5, 5.41) is 7.31. The van der Waals surface area contributed by atoms with Gasteiger partial charge in [0.15, 0.2) is 11.5 Å². The Balaban J connectivity index is 2.69. The van der Waals surface area contributed by atoms with Crippen molar-refractivity contribution < 1.29 is 14.1 Å². The molecule has 0 aliphatic rings. The van der Waals surface area contributed by atoms with Crippen LogP contribution < -0.4 is 5.32 Å². The molecule has 0 aliphatic heterocycles. The number of ether oxygens (including phenoxy) is 1. The van der Waals surface area contributed by atoms with Crippen molar-refractivity contribution in [1.82, 2.24) is 10.5 Å². The number of aromatic nitrogens is 1. The standard InChI is InChI=1S/C11H17BrN2O3/c1-4-11(2,7-12)13-10(15)9-5-8(6-16-3)17-14-9/h5H,4,6-7H2,1-3H3,(H,13,15). The molecular formula is C11H17BrN2O3. The molecule has 0 fully saturated rings. The molecule has 1 aromatic heterocycles. The van der Waals surface area contributed by atoms with E-state index in [-0.39, 0.29) is 17.1 Å². The molecule has 17 heavy (non-hydrogen) atoms. The number of hydrogen-bond donors (Lipinski definition) is 1. The highest BCUT2D eigenvalue weighted by atomic mass is 79.9. The highest BCUT2D eigenvalue weighted by Gasteiger charge is 2.25. The Kier molecular flexibility index (Phi) is 5.14. The van der Waals surface area contributed by atoms with Crippen LogP contribution in [0, 0.1) is 0 Å². The van der Waals surface area contributed by atoms with Crippen LogP contribution in [0.5, 0.6) is 0 Å². The predicted octanol–water partition coefficient (Wildman–Crippen LogP) is 2.11. The normalized spacial score (nSPS) is 14.4. The van der Waals surface area contributed by atoms with E-state index in [1.807, 2.05) is 13.8 Å². The van der Waals surface area contributed by atoms with Gasteiger partial charge in [-0.1, -0.05) is 28.0 Å². The van der Waals surface area contributed by atoms with E-state index in [1.165, 1.54) is 0 Å². The fraction of sp³-hybridized carbons (Fsp3) is 0.636. The highest BCUT2D eigenvalue weighted by molar-refractivity contribution is 9.09. The minimum atomic E-state index is -0.280. The molecule has 1 rings (SSSR count). The Labute approximate surface area is 109 Å². The predicted molar refractivity (Wildman–Crippen MR) is 67.2 cm³/mol. The molecule has 1 N–H and O–H groups in total. The van der Waals surface area contributed by atoms with Crippen LogP contribution in [-0.2, 0) is 11.3 Å². The molecule has 0 saturated heterocycles. The summed E-state index contributed by atoms with van der Waals surface area (Å²) in [6.45, 7) is 4.29. The Morgan fingerprint density at radius 3 is 2.94 bits per heavy atom. The second-order valence-corrected chi connectivity index (χ2v) is 4.67. The monoisotopic (exact) mass is 304 g/mol. The van der Waals surface area contributed by atoms with Crippen LogP contribution in [0.1, 0.15) is 36.5 Å². The number of methoxy groups -OCH3 is 1. The third-order valence-corrected chi connectivity index (χ3v) is 3.81. The Hall–Kier alpha value is -0.880. The zero-order chi connectivity index (χ0) is 12.9. The van der Waals surface area contributed by atoms with E-state index in [1.54, 1.807) is 13.2 Å². The molecule has 1 unspecified atom stereocenters. The van der Waals surface area contributed by atoms with E-state index in [0.29, 0.717) is 17.7 Å². The molecule has 5 nitrogen and oxygen atoms in total. The molecule has 1 atom stereocenters. The Morgan fingerprint density at radius 2 is 2.41 bits per heavy atom. The minimum Gasteiger partial charge on any atom is -0.377 e. The van der Waals surface area contributed by atoms with Gasteiger partial charge in [0.2, 0.25) is 0 Å². The number of amides is 1. The molecule has 0 aromatic carbocycles. The zero-order valence-corrected chi connectivity index (χ0v) is 11.8. The minimum absolute atomic E-state index is 0.236. The van der Waals surface area contributed by atoms with Gasteiger partial charge in [0.05, 0.1) is 0 Å². The van der Waals surface area contributed by atoms with E-state index in [2.05, 4.69) is 26.4 Å². The number of carbonyl (C=O) groups excluding carboxylic acids is 1. The van der Waals surface area contributed by atoms with Gasteiger partial charge in [-0.3, -0.25) is 4.79 Å².